The zero-order valence-electron chi connectivity index (χ0n) is 25.8. The third kappa shape index (κ3) is 10.2. The van der Waals surface area contributed by atoms with Gasteiger partial charge in [-0.15, -0.1) is 0 Å². The molecule has 1 aromatic rings. The SMILES string of the molecule is CC[C@H](C[C@H](OC)[C@@H](C)CC[C@@H](OC(=O)c1ccco1)[C@H](C)[C@H](OC)[C@H](C)CC)O[Si](C)(C)C(C)(C)C. The molecule has 1 rings (SSSR count). The Labute approximate surface area is 228 Å². The number of methoxy groups -OCH3 is 2. The van der Waals surface area contributed by atoms with Crippen molar-refractivity contribution in [2.75, 3.05) is 14.2 Å². The zero-order chi connectivity index (χ0) is 28.4. The van der Waals surface area contributed by atoms with E-state index in [1.807, 2.05) is 0 Å². The van der Waals surface area contributed by atoms with Gasteiger partial charge in [-0.3, -0.25) is 0 Å². The monoisotopic (exact) mass is 540 g/mol. The summed E-state index contributed by atoms with van der Waals surface area (Å²) >= 11 is 0. The van der Waals surface area contributed by atoms with E-state index in [1.54, 1.807) is 26.4 Å². The maximum absolute atomic E-state index is 12.8. The first-order valence-corrected chi connectivity index (χ1v) is 17.1. The molecular weight excluding hydrogens is 484 g/mol. The van der Waals surface area contributed by atoms with E-state index in [9.17, 15) is 4.79 Å². The van der Waals surface area contributed by atoms with Crippen LogP contribution in [0, 0.1) is 17.8 Å². The van der Waals surface area contributed by atoms with E-state index >= 15 is 0 Å². The van der Waals surface area contributed by atoms with Crippen LogP contribution >= 0.6 is 0 Å². The van der Waals surface area contributed by atoms with E-state index in [4.69, 9.17) is 23.1 Å². The normalized spacial score (nSPS) is 18.5. The molecule has 0 radical (unpaired) electrons. The lowest BCUT2D eigenvalue weighted by atomic mass is 9.84. The van der Waals surface area contributed by atoms with Crippen molar-refractivity contribution in [3.63, 3.8) is 0 Å². The van der Waals surface area contributed by atoms with Crippen LogP contribution in [0.3, 0.4) is 0 Å². The van der Waals surface area contributed by atoms with Crippen LogP contribution in [0.1, 0.15) is 98.0 Å². The Hall–Kier alpha value is -1.15. The minimum absolute atomic E-state index is 0.00427. The number of esters is 1. The molecule has 0 aliphatic heterocycles. The molecule has 0 spiro atoms. The highest BCUT2D eigenvalue weighted by atomic mass is 28.4. The summed E-state index contributed by atoms with van der Waals surface area (Å²) in [7, 11) is 1.67. The Kier molecular flexibility index (Phi) is 14.1. The van der Waals surface area contributed by atoms with Crippen molar-refractivity contribution in [3.05, 3.63) is 24.2 Å². The maximum Gasteiger partial charge on any atom is 0.374 e. The molecule has 1 heterocycles. The van der Waals surface area contributed by atoms with E-state index in [0.717, 1.165) is 32.1 Å². The Morgan fingerprint density at radius 2 is 1.62 bits per heavy atom. The molecule has 6 nitrogen and oxygen atoms in total. The molecule has 0 bridgehead atoms. The highest BCUT2D eigenvalue weighted by Crippen LogP contribution is 2.38. The van der Waals surface area contributed by atoms with Gasteiger partial charge in [-0.05, 0) is 67.8 Å². The second kappa shape index (κ2) is 15.4. The largest absolute Gasteiger partial charge is 0.457 e. The van der Waals surface area contributed by atoms with Crippen molar-refractivity contribution in [2.45, 2.75) is 130 Å². The number of rotatable bonds is 17. The van der Waals surface area contributed by atoms with Crippen molar-refractivity contribution in [1.82, 2.24) is 0 Å². The van der Waals surface area contributed by atoms with Gasteiger partial charge in [0.05, 0.1) is 18.5 Å². The standard InChI is InChI=1S/C30H56O6Si/c1-13-21(3)28(33-10)23(5)25(35-29(31)26-16-15-19-34-26)18-17-22(4)27(32-9)20-24(14-2)36-37(11,12)30(6,7)8/h15-16,19,21-25,27-28H,13-14,17-18,20H2,1-12H3/t21-,22+,23+,24-,25-,27+,28-/m1/s1. The van der Waals surface area contributed by atoms with Crippen molar-refractivity contribution >= 4 is 14.3 Å². The van der Waals surface area contributed by atoms with Gasteiger partial charge >= 0.3 is 5.97 Å². The Balaban J connectivity index is 2.96. The minimum atomic E-state index is -1.87. The third-order valence-corrected chi connectivity index (χ3v) is 13.2. The topological polar surface area (TPSA) is 67.1 Å². The average molecular weight is 541 g/mol. The molecule has 0 saturated heterocycles. The number of ether oxygens (including phenoxy) is 3. The molecule has 216 valence electrons. The summed E-state index contributed by atoms with van der Waals surface area (Å²) in [5, 5.41) is 0.170. The van der Waals surface area contributed by atoms with Gasteiger partial charge in [0, 0.05) is 26.2 Å². The van der Waals surface area contributed by atoms with Gasteiger partial charge in [-0.1, -0.05) is 61.8 Å². The van der Waals surface area contributed by atoms with E-state index in [-0.39, 0.29) is 47.1 Å². The van der Waals surface area contributed by atoms with Crippen LogP contribution in [0.2, 0.25) is 18.1 Å². The number of carbonyl (C=O) groups excluding carboxylic acids is 1. The predicted octanol–water partition coefficient (Wildman–Crippen LogP) is 8.12. The summed E-state index contributed by atoms with van der Waals surface area (Å²) < 4.78 is 29.9. The van der Waals surface area contributed by atoms with E-state index in [2.05, 4.69) is 68.5 Å². The smallest absolute Gasteiger partial charge is 0.374 e. The van der Waals surface area contributed by atoms with E-state index < -0.39 is 14.3 Å². The Morgan fingerprint density at radius 3 is 2.08 bits per heavy atom. The number of carbonyl (C=O) groups is 1. The van der Waals surface area contributed by atoms with Crippen LogP contribution in [0.15, 0.2) is 22.8 Å². The molecule has 0 aliphatic rings. The highest BCUT2D eigenvalue weighted by molar-refractivity contribution is 6.74. The first kappa shape index (κ1) is 33.9. The molecule has 7 atom stereocenters. The lowest BCUT2D eigenvalue weighted by molar-refractivity contribution is -0.0546. The lowest BCUT2D eigenvalue weighted by Gasteiger charge is -2.40. The Morgan fingerprint density at radius 1 is 0.973 bits per heavy atom. The van der Waals surface area contributed by atoms with Crippen LogP contribution < -0.4 is 0 Å². The van der Waals surface area contributed by atoms with Crippen molar-refractivity contribution in [1.29, 1.82) is 0 Å². The fourth-order valence-electron chi connectivity index (χ4n) is 4.75. The third-order valence-electron chi connectivity index (χ3n) is 8.62. The Bertz CT molecular complexity index is 757. The van der Waals surface area contributed by atoms with Crippen LogP contribution in [0.4, 0.5) is 0 Å². The molecule has 0 unspecified atom stereocenters. The molecule has 7 heteroatoms. The second-order valence-electron chi connectivity index (χ2n) is 12.3. The van der Waals surface area contributed by atoms with Gasteiger partial charge in [-0.25, -0.2) is 4.79 Å². The lowest BCUT2D eigenvalue weighted by Crippen LogP contribution is -2.45. The van der Waals surface area contributed by atoms with Gasteiger partial charge in [0.25, 0.3) is 0 Å². The first-order chi connectivity index (χ1) is 17.2. The summed E-state index contributed by atoms with van der Waals surface area (Å²) in [6, 6.07) is 3.34. The van der Waals surface area contributed by atoms with Crippen molar-refractivity contribution in [3.8, 4) is 0 Å². The first-order valence-electron chi connectivity index (χ1n) is 14.2. The molecule has 0 fully saturated rings. The van der Waals surface area contributed by atoms with Crippen LogP contribution in [0.25, 0.3) is 0 Å². The molecule has 0 saturated carbocycles. The van der Waals surface area contributed by atoms with Gasteiger partial charge in [-0.2, -0.15) is 0 Å². The van der Waals surface area contributed by atoms with Crippen LogP contribution in [-0.4, -0.2) is 52.9 Å². The highest BCUT2D eigenvalue weighted by Gasteiger charge is 2.40. The van der Waals surface area contributed by atoms with E-state index in [1.165, 1.54) is 6.26 Å². The molecule has 37 heavy (non-hydrogen) atoms. The summed E-state index contributed by atoms with van der Waals surface area (Å²) in [5.41, 5.74) is 0. The minimum Gasteiger partial charge on any atom is -0.457 e. The number of furan rings is 1. The quantitative estimate of drug-likeness (QED) is 0.147. The van der Waals surface area contributed by atoms with Crippen LogP contribution in [0.5, 0.6) is 0 Å². The van der Waals surface area contributed by atoms with Crippen LogP contribution in [-0.2, 0) is 18.6 Å². The summed E-state index contributed by atoms with van der Waals surface area (Å²) in [6.45, 7) is 22.3. The number of hydrogen-bond donors (Lipinski definition) is 0. The maximum atomic E-state index is 12.8. The number of hydrogen-bond acceptors (Lipinski definition) is 6. The summed E-state index contributed by atoms with van der Waals surface area (Å²) in [6.07, 6.45) is 5.85. The van der Waals surface area contributed by atoms with Crippen molar-refractivity contribution in [2.24, 2.45) is 17.8 Å². The van der Waals surface area contributed by atoms with Crippen molar-refractivity contribution < 1.29 is 27.8 Å². The summed E-state index contributed by atoms with van der Waals surface area (Å²) in [5.74, 6) is 0.476. The summed E-state index contributed by atoms with van der Waals surface area (Å²) in [4.78, 5) is 12.8. The van der Waals surface area contributed by atoms with Gasteiger partial charge in [0.1, 0.15) is 6.10 Å². The zero-order valence-corrected chi connectivity index (χ0v) is 26.8. The molecule has 1 aromatic heterocycles. The van der Waals surface area contributed by atoms with Gasteiger partial charge < -0.3 is 23.1 Å². The molecule has 0 amide bonds. The molecule has 0 aliphatic carbocycles. The second-order valence-corrected chi connectivity index (χ2v) is 17.1. The molecular formula is C30H56O6Si. The van der Waals surface area contributed by atoms with E-state index in [0.29, 0.717) is 5.92 Å². The predicted molar refractivity (Wildman–Crippen MR) is 154 cm³/mol. The molecule has 0 N–H and O–H groups in total. The fraction of sp³-hybridized carbons (Fsp3) is 0.833. The van der Waals surface area contributed by atoms with Gasteiger partial charge in [0.15, 0.2) is 8.32 Å². The molecule has 0 aromatic carbocycles. The fourth-order valence-corrected chi connectivity index (χ4v) is 6.20. The average Bonchev–Trinajstić information content (AvgIpc) is 3.38. The van der Waals surface area contributed by atoms with Gasteiger partial charge in [0.2, 0.25) is 5.76 Å².